The van der Waals surface area contributed by atoms with Crippen molar-refractivity contribution in [3.05, 3.63) is 12.3 Å². The van der Waals surface area contributed by atoms with Gasteiger partial charge in [-0.1, -0.05) is 13.8 Å². The van der Waals surface area contributed by atoms with Crippen molar-refractivity contribution in [1.82, 2.24) is 15.1 Å². The summed E-state index contributed by atoms with van der Waals surface area (Å²) < 4.78 is 5.22. The summed E-state index contributed by atoms with van der Waals surface area (Å²) in [6.07, 6.45) is 2.35. The van der Waals surface area contributed by atoms with Gasteiger partial charge in [-0.15, -0.1) is 0 Å². The summed E-state index contributed by atoms with van der Waals surface area (Å²) in [6.45, 7) is 12.9. The minimum Gasteiger partial charge on any atom is -0.492 e. The third-order valence-corrected chi connectivity index (χ3v) is 3.87. The van der Waals surface area contributed by atoms with E-state index in [2.05, 4.69) is 17.3 Å². The monoisotopic (exact) mass is 506 g/mol. The number of nitrogens with one attached hydrogen (secondary N) is 1. The van der Waals surface area contributed by atoms with Crippen molar-refractivity contribution in [2.24, 2.45) is 0 Å². The SMILES string of the molecule is CC.[CH-]=C(C1CCC(CN(C)C2COC2)N1)N(C)C.[U]. The van der Waals surface area contributed by atoms with Crippen LogP contribution < -0.4 is 5.32 Å². The van der Waals surface area contributed by atoms with Gasteiger partial charge in [0.15, 0.2) is 0 Å². The van der Waals surface area contributed by atoms with Crippen molar-refractivity contribution in [2.45, 2.75) is 44.8 Å². The molecule has 0 aromatic heterocycles. The van der Waals surface area contributed by atoms with Crippen LogP contribution >= 0.6 is 0 Å². The molecule has 0 bridgehead atoms. The summed E-state index contributed by atoms with van der Waals surface area (Å²) in [4.78, 5) is 4.40. The van der Waals surface area contributed by atoms with Gasteiger partial charge in [-0.05, 0) is 19.9 Å². The molecule has 0 radical (unpaired) electrons. The van der Waals surface area contributed by atoms with E-state index in [9.17, 15) is 0 Å². The molecule has 0 spiro atoms. The maximum absolute atomic E-state index is 6.06. The van der Waals surface area contributed by atoms with Crippen LogP contribution in [0.15, 0.2) is 5.70 Å². The van der Waals surface area contributed by atoms with E-state index in [1.54, 1.807) is 0 Å². The van der Waals surface area contributed by atoms with E-state index in [1.165, 1.54) is 6.42 Å². The number of hydrogen-bond donors (Lipinski definition) is 1. The van der Waals surface area contributed by atoms with Gasteiger partial charge in [0.25, 0.3) is 0 Å². The van der Waals surface area contributed by atoms with Crippen LogP contribution in [0, 0.1) is 37.7 Å². The molecule has 2 fully saturated rings. The summed E-state index contributed by atoms with van der Waals surface area (Å²) >= 11 is 0. The van der Waals surface area contributed by atoms with Crippen LogP contribution in [0.5, 0.6) is 0 Å². The molecule has 4 nitrogen and oxygen atoms in total. The van der Waals surface area contributed by atoms with Gasteiger partial charge >= 0.3 is 0 Å². The topological polar surface area (TPSA) is 27.7 Å². The molecule has 0 aromatic carbocycles. The van der Waals surface area contributed by atoms with Crippen LogP contribution in [0.2, 0.25) is 0 Å². The molecule has 20 heavy (non-hydrogen) atoms. The Labute approximate surface area is 148 Å². The summed E-state index contributed by atoms with van der Waals surface area (Å²) in [5, 5.41) is 3.62. The average Bonchev–Trinajstić information content (AvgIpc) is 2.76. The quantitative estimate of drug-likeness (QED) is 0.570. The fraction of sp³-hybridized carbons (Fsp3) is 0.867. The Hall–Kier alpha value is 0.472. The first-order chi connectivity index (χ1) is 9.08. The third kappa shape index (κ3) is 5.69. The molecule has 2 unspecified atom stereocenters. The zero-order valence-corrected chi connectivity index (χ0v) is 17.8. The summed E-state index contributed by atoms with van der Waals surface area (Å²) in [5.41, 5.74) is 0.946. The molecule has 2 aliphatic rings. The minimum absolute atomic E-state index is 0. The molecule has 5 heteroatoms. The van der Waals surface area contributed by atoms with Gasteiger partial charge in [0.05, 0.1) is 19.3 Å². The molecular formula is C15H30N3OU-. The van der Waals surface area contributed by atoms with E-state index in [0.717, 1.165) is 31.9 Å². The maximum atomic E-state index is 6.06. The smallest absolute Gasteiger partial charge is 0.0645 e. The number of likely N-dealkylation sites (N-methyl/N-ethyl adjacent to an activating group) is 2. The molecule has 0 aliphatic carbocycles. The molecule has 0 amide bonds. The normalized spacial score (nSPS) is 25.3. The molecule has 1 N–H and O–H groups in total. The molecular weight excluding hydrogens is 476 g/mol. The second kappa shape index (κ2) is 10.2. The molecule has 0 aromatic rings. The number of nitrogens with zero attached hydrogens (tertiary/aromatic N) is 2. The second-order valence-corrected chi connectivity index (χ2v) is 5.44. The first-order valence-corrected chi connectivity index (χ1v) is 7.41. The molecule has 2 heterocycles. The van der Waals surface area contributed by atoms with Crippen molar-refractivity contribution in [1.29, 1.82) is 0 Å². The summed E-state index contributed by atoms with van der Waals surface area (Å²) in [6, 6.07) is 1.52. The van der Waals surface area contributed by atoms with Crippen molar-refractivity contribution in [3.63, 3.8) is 0 Å². The maximum Gasteiger partial charge on any atom is 0.0645 e. The van der Waals surface area contributed by atoms with Crippen molar-refractivity contribution < 1.29 is 35.9 Å². The standard InChI is InChI=1S/C13H24N3O.C2H6.U/c1-10(15(2)3)13-6-5-11(14-13)7-16(4)12-8-17-9-12;1-2;/h1,11-14H,5-9H2,2-4H3;1-2H3;/q-1;;. The second-order valence-electron chi connectivity index (χ2n) is 5.44. The van der Waals surface area contributed by atoms with Gasteiger partial charge in [-0.3, -0.25) is 4.90 Å². The molecule has 2 atom stereocenters. The first kappa shape index (κ1) is 20.5. The van der Waals surface area contributed by atoms with Crippen LogP contribution in [-0.4, -0.2) is 68.8 Å². The van der Waals surface area contributed by atoms with Gasteiger partial charge in [-0.2, -0.15) is 5.70 Å². The Morgan fingerprint density at radius 2 is 1.80 bits per heavy atom. The summed E-state index contributed by atoms with van der Waals surface area (Å²) in [5.74, 6) is 0. The summed E-state index contributed by atoms with van der Waals surface area (Å²) in [7, 11) is 6.19. The van der Waals surface area contributed by atoms with Crippen molar-refractivity contribution in [2.75, 3.05) is 40.9 Å². The van der Waals surface area contributed by atoms with Crippen molar-refractivity contribution >= 4 is 0 Å². The molecule has 2 rings (SSSR count). The Morgan fingerprint density at radius 3 is 2.25 bits per heavy atom. The predicted octanol–water partition coefficient (Wildman–Crippen LogP) is 1.34. The third-order valence-electron chi connectivity index (χ3n) is 3.87. The van der Waals surface area contributed by atoms with Crippen LogP contribution in [0.4, 0.5) is 0 Å². The molecule has 2 saturated heterocycles. The number of ether oxygens (including phenoxy) is 1. The Morgan fingerprint density at radius 1 is 1.20 bits per heavy atom. The largest absolute Gasteiger partial charge is 0.492 e. The fourth-order valence-electron chi connectivity index (χ4n) is 2.48. The molecule has 0 saturated carbocycles. The van der Waals surface area contributed by atoms with Gasteiger partial charge < -0.3 is 21.5 Å². The van der Waals surface area contributed by atoms with Crippen LogP contribution in [0.3, 0.4) is 0 Å². The van der Waals surface area contributed by atoms with Gasteiger partial charge in [0.2, 0.25) is 0 Å². The van der Waals surface area contributed by atoms with Crippen molar-refractivity contribution in [3.8, 4) is 0 Å². The van der Waals surface area contributed by atoms with Gasteiger partial charge in [0.1, 0.15) is 0 Å². The predicted molar refractivity (Wildman–Crippen MR) is 80.0 cm³/mol. The van der Waals surface area contributed by atoms with E-state index in [0.29, 0.717) is 18.1 Å². The van der Waals surface area contributed by atoms with Crippen LogP contribution in [0.1, 0.15) is 26.7 Å². The van der Waals surface area contributed by atoms with Crippen LogP contribution in [0.25, 0.3) is 0 Å². The van der Waals surface area contributed by atoms with Gasteiger partial charge in [0, 0.05) is 63.8 Å². The number of rotatable bonds is 5. The fourth-order valence-corrected chi connectivity index (χ4v) is 2.48. The zero-order chi connectivity index (χ0) is 14.4. The number of hydrogen-bond acceptors (Lipinski definition) is 4. The molecule has 2 aliphatic heterocycles. The molecule has 116 valence electrons. The van der Waals surface area contributed by atoms with E-state index >= 15 is 0 Å². The Balaban J connectivity index is 0.00000115. The van der Waals surface area contributed by atoms with Gasteiger partial charge in [-0.25, -0.2) is 0 Å². The average molecular weight is 506 g/mol. The first-order valence-electron chi connectivity index (χ1n) is 7.41. The van der Waals surface area contributed by atoms with E-state index in [4.69, 9.17) is 11.3 Å². The Kier molecular flexibility index (Phi) is 10.5. The van der Waals surface area contributed by atoms with E-state index < -0.39 is 0 Å². The zero-order valence-electron chi connectivity index (χ0n) is 13.6. The van der Waals surface area contributed by atoms with Crippen LogP contribution in [-0.2, 0) is 4.74 Å². The van der Waals surface area contributed by atoms with E-state index in [1.807, 2.05) is 32.8 Å². The Bertz CT molecular complexity index is 282. The van der Waals surface area contributed by atoms with E-state index in [-0.39, 0.29) is 31.1 Å². The minimum atomic E-state index is 0.